The van der Waals surface area contributed by atoms with Crippen LogP contribution in [0.25, 0.3) is 11.0 Å². The smallest absolute Gasteiger partial charge is 0.290 e. The van der Waals surface area contributed by atoms with Gasteiger partial charge in [0.05, 0.1) is 17.6 Å². The fraction of sp³-hybridized carbons (Fsp3) is 0.278. The predicted molar refractivity (Wildman–Crippen MR) is 88.7 cm³/mol. The van der Waals surface area contributed by atoms with Crippen molar-refractivity contribution in [2.45, 2.75) is 18.9 Å². The molecule has 0 unspecified atom stereocenters. The number of aromatic nitrogens is 2. The SMILES string of the molecule is Cn1cc([C@H]2CCCN2C(=O)c2cc(=O)c3ccccc3o2)cn1. The summed E-state index contributed by atoms with van der Waals surface area (Å²) in [5.41, 5.74) is 1.24. The Balaban J connectivity index is 1.71. The molecule has 2 aromatic heterocycles. The predicted octanol–water partition coefficient (Wildman–Crippen LogP) is 2.50. The van der Waals surface area contributed by atoms with E-state index in [2.05, 4.69) is 5.10 Å². The number of fused-ring (bicyclic) bond motifs is 1. The molecular formula is C18H17N3O3. The number of aryl methyl sites for hydroxylation is 1. The minimum atomic E-state index is -0.246. The minimum absolute atomic E-state index is 0.0250. The van der Waals surface area contributed by atoms with E-state index < -0.39 is 0 Å². The van der Waals surface area contributed by atoms with Gasteiger partial charge < -0.3 is 9.32 Å². The second-order valence-corrected chi connectivity index (χ2v) is 6.07. The Morgan fingerprint density at radius 2 is 2.17 bits per heavy atom. The van der Waals surface area contributed by atoms with Gasteiger partial charge in [-0.05, 0) is 25.0 Å². The Kier molecular flexibility index (Phi) is 3.45. The van der Waals surface area contributed by atoms with Crippen LogP contribution in [0.4, 0.5) is 0 Å². The maximum atomic E-state index is 12.9. The van der Waals surface area contributed by atoms with Gasteiger partial charge in [0.2, 0.25) is 0 Å². The zero-order valence-electron chi connectivity index (χ0n) is 13.3. The molecule has 1 atom stereocenters. The van der Waals surface area contributed by atoms with Crippen LogP contribution < -0.4 is 5.43 Å². The van der Waals surface area contributed by atoms with Crippen LogP contribution in [0.2, 0.25) is 0 Å². The molecule has 1 amide bonds. The molecule has 6 heteroatoms. The normalized spacial score (nSPS) is 17.5. The van der Waals surface area contributed by atoms with Crippen molar-refractivity contribution in [1.82, 2.24) is 14.7 Å². The van der Waals surface area contributed by atoms with Crippen molar-refractivity contribution < 1.29 is 9.21 Å². The molecule has 0 N–H and O–H groups in total. The summed E-state index contributed by atoms with van der Waals surface area (Å²) in [5.74, 6) is -0.154. The monoisotopic (exact) mass is 323 g/mol. The molecule has 0 bridgehead atoms. The van der Waals surface area contributed by atoms with E-state index in [-0.39, 0.29) is 23.1 Å². The number of hydrogen-bond donors (Lipinski definition) is 0. The van der Waals surface area contributed by atoms with Gasteiger partial charge in [-0.1, -0.05) is 12.1 Å². The molecule has 3 heterocycles. The number of para-hydroxylation sites is 1. The summed E-state index contributed by atoms with van der Waals surface area (Å²) in [6, 6.07) is 8.24. The van der Waals surface area contributed by atoms with Crippen LogP contribution in [0.15, 0.2) is 51.9 Å². The number of amides is 1. The Hall–Kier alpha value is -2.89. The highest BCUT2D eigenvalue weighted by Gasteiger charge is 2.32. The molecule has 0 saturated carbocycles. The zero-order chi connectivity index (χ0) is 16.7. The first-order chi connectivity index (χ1) is 11.6. The lowest BCUT2D eigenvalue weighted by Crippen LogP contribution is -2.31. The molecule has 24 heavy (non-hydrogen) atoms. The quantitative estimate of drug-likeness (QED) is 0.726. The number of rotatable bonds is 2. The Morgan fingerprint density at radius 3 is 2.96 bits per heavy atom. The van der Waals surface area contributed by atoms with Crippen molar-refractivity contribution in [3.05, 3.63) is 64.3 Å². The molecule has 1 aromatic carbocycles. The number of benzene rings is 1. The van der Waals surface area contributed by atoms with Crippen LogP contribution in [-0.4, -0.2) is 27.1 Å². The molecule has 0 aliphatic carbocycles. The minimum Gasteiger partial charge on any atom is -0.451 e. The zero-order valence-corrected chi connectivity index (χ0v) is 13.3. The first-order valence-electron chi connectivity index (χ1n) is 7.96. The van der Waals surface area contributed by atoms with Gasteiger partial charge in [-0.3, -0.25) is 14.3 Å². The summed E-state index contributed by atoms with van der Waals surface area (Å²) in [6.45, 7) is 0.648. The highest BCUT2D eigenvalue weighted by molar-refractivity contribution is 5.93. The highest BCUT2D eigenvalue weighted by atomic mass is 16.3. The molecule has 6 nitrogen and oxygen atoms in total. The van der Waals surface area contributed by atoms with Gasteiger partial charge in [-0.15, -0.1) is 0 Å². The third-order valence-corrected chi connectivity index (χ3v) is 4.47. The second-order valence-electron chi connectivity index (χ2n) is 6.07. The van der Waals surface area contributed by atoms with Crippen LogP contribution in [-0.2, 0) is 7.05 Å². The van der Waals surface area contributed by atoms with E-state index in [1.807, 2.05) is 13.2 Å². The molecule has 0 radical (unpaired) electrons. The molecule has 1 aliphatic rings. The van der Waals surface area contributed by atoms with Crippen LogP contribution >= 0.6 is 0 Å². The molecule has 3 aromatic rings. The van der Waals surface area contributed by atoms with Gasteiger partial charge in [-0.2, -0.15) is 5.10 Å². The van der Waals surface area contributed by atoms with Crippen molar-refractivity contribution >= 4 is 16.9 Å². The van der Waals surface area contributed by atoms with Gasteiger partial charge in [0, 0.05) is 31.4 Å². The Morgan fingerprint density at radius 1 is 1.33 bits per heavy atom. The molecule has 4 rings (SSSR count). The summed E-state index contributed by atoms with van der Waals surface area (Å²) < 4.78 is 7.42. The molecule has 0 spiro atoms. The lowest BCUT2D eigenvalue weighted by molar-refractivity contribution is 0.0704. The number of carbonyl (C=O) groups is 1. The van der Waals surface area contributed by atoms with E-state index in [9.17, 15) is 9.59 Å². The molecule has 1 aliphatic heterocycles. The van der Waals surface area contributed by atoms with E-state index in [0.717, 1.165) is 18.4 Å². The van der Waals surface area contributed by atoms with Crippen LogP contribution in [0.3, 0.4) is 0 Å². The van der Waals surface area contributed by atoms with E-state index >= 15 is 0 Å². The van der Waals surface area contributed by atoms with Gasteiger partial charge in [-0.25, -0.2) is 0 Å². The van der Waals surface area contributed by atoms with Crippen molar-refractivity contribution in [2.24, 2.45) is 7.05 Å². The van der Waals surface area contributed by atoms with Crippen molar-refractivity contribution in [3.63, 3.8) is 0 Å². The van der Waals surface area contributed by atoms with E-state index in [4.69, 9.17) is 4.42 Å². The maximum absolute atomic E-state index is 12.9. The van der Waals surface area contributed by atoms with Crippen LogP contribution in [0, 0.1) is 0 Å². The molecule has 1 saturated heterocycles. The van der Waals surface area contributed by atoms with Gasteiger partial charge in [0.15, 0.2) is 11.2 Å². The van der Waals surface area contributed by atoms with Crippen LogP contribution in [0.5, 0.6) is 0 Å². The van der Waals surface area contributed by atoms with Crippen LogP contribution in [0.1, 0.15) is 35.0 Å². The first kappa shape index (κ1) is 14.7. The fourth-order valence-corrected chi connectivity index (χ4v) is 3.32. The standard InChI is InChI=1S/C18H17N3O3/c1-20-11-12(10-19-20)14-6-4-8-21(14)18(23)17-9-15(22)13-5-2-3-7-16(13)24-17/h2-3,5,7,9-11,14H,4,6,8H2,1H3/t14-/m1/s1. The lowest BCUT2D eigenvalue weighted by atomic mass is 10.1. The molecule has 122 valence electrons. The van der Waals surface area contributed by atoms with E-state index in [0.29, 0.717) is 17.5 Å². The van der Waals surface area contributed by atoms with Crippen molar-refractivity contribution in [1.29, 1.82) is 0 Å². The summed E-state index contributed by atoms with van der Waals surface area (Å²) in [5, 5.41) is 4.67. The van der Waals surface area contributed by atoms with Gasteiger partial charge in [0.1, 0.15) is 5.58 Å². The second kappa shape index (κ2) is 5.63. The Bertz CT molecular complexity index is 973. The average Bonchev–Trinajstić information content (AvgIpc) is 3.22. The Labute approximate surface area is 138 Å². The summed E-state index contributed by atoms with van der Waals surface area (Å²) in [6.07, 6.45) is 5.51. The third kappa shape index (κ3) is 2.40. The number of likely N-dealkylation sites (tertiary alicyclic amines) is 1. The third-order valence-electron chi connectivity index (χ3n) is 4.47. The summed E-state index contributed by atoms with van der Waals surface area (Å²) in [4.78, 5) is 26.9. The van der Waals surface area contributed by atoms with E-state index in [1.165, 1.54) is 6.07 Å². The van der Waals surface area contributed by atoms with E-state index in [1.54, 1.807) is 40.0 Å². The average molecular weight is 323 g/mol. The van der Waals surface area contributed by atoms with Gasteiger partial charge in [0.25, 0.3) is 5.91 Å². The topological polar surface area (TPSA) is 68.3 Å². The first-order valence-corrected chi connectivity index (χ1v) is 7.96. The summed E-state index contributed by atoms with van der Waals surface area (Å²) >= 11 is 0. The number of nitrogens with zero attached hydrogens (tertiary/aromatic N) is 3. The number of hydrogen-bond acceptors (Lipinski definition) is 4. The van der Waals surface area contributed by atoms with Crippen molar-refractivity contribution in [2.75, 3.05) is 6.54 Å². The highest BCUT2D eigenvalue weighted by Crippen LogP contribution is 2.32. The summed E-state index contributed by atoms with van der Waals surface area (Å²) in [7, 11) is 1.85. The maximum Gasteiger partial charge on any atom is 0.290 e. The number of carbonyl (C=O) groups excluding carboxylic acids is 1. The molecule has 1 fully saturated rings. The largest absolute Gasteiger partial charge is 0.451 e. The van der Waals surface area contributed by atoms with Gasteiger partial charge >= 0.3 is 0 Å². The lowest BCUT2D eigenvalue weighted by Gasteiger charge is -2.23. The fourth-order valence-electron chi connectivity index (χ4n) is 3.32. The molecular weight excluding hydrogens is 306 g/mol. The van der Waals surface area contributed by atoms with Crippen molar-refractivity contribution in [3.8, 4) is 0 Å².